The van der Waals surface area contributed by atoms with Gasteiger partial charge in [0.05, 0.1) is 6.07 Å². The van der Waals surface area contributed by atoms with Crippen molar-refractivity contribution >= 4 is 5.91 Å². The number of amides is 1. The van der Waals surface area contributed by atoms with Crippen molar-refractivity contribution in [3.8, 4) is 6.07 Å². The molecule has 2 aliphatic rings. The Hall–Kier alpha value is -2.64. The zero-order chi connectivity index (χ0) is 20.1. The minimum Gasteiger partial charge on any atom is -0.337 e. The summed E-state index contributed by atoms with van der Waals surface area (Å²) in [6, 6.07) is 23.3. The van der Waals surface area contributed by atoms with Gasteiger partial charge in [-0.25, -0.2) is 0 Å². The highest BCUT2D eigenvalue weighted by Crippen LogP contribution is 2.38. The second kappa shape index (κ2) is 8.80. The number of nitrogens with zero attached hydrogens (tertiary/aromatic N) is 2. The molecule has 2 aromatic carbocycles. The molecule has 2 fully saturated rings. The lowest BCUT2D eigenvalue weighted by Gasteiger charge is -2.38. The van der Waals surface area contributed by atoms with Crippen LogP contribution >= 0.6 is 0 Å². The van der Waals surface area contributed by atoms with Crippen molar-refractivity contribution in [3.63, 3.8) is 0 Å². The van der Waals surface area contributed by atoms with Gasteiger partial charge in [0.15, 0.2) is 0 Å². The molecule has 2 aromatic rings. The molecule has 1 saturated heterocycles. The number of nitriles is 1. The first kappa shape index (κ1) is 19.7. The first-order valence-corrected chi connectivity index (χ1v) is 10.7. The van der Waals surface area contributed by atoms with E-state index >= 15 is 0 Å². The lowest BCUT2D eigenvalue weighted by Crippen LogP contribution is -2.55. The van der Waals surface area contributed by atoms with E-state index in [4.69, 9.17) is 0 Å². The molecule has 1 N–H and O–H groups in total. The number of likely N-dealkylation sites (tertiary alicyclic amines) is 1. The summed E-state index contributed by atoms with van der Waals surface area (Å²) in [5, 5.41) is 13.0. The highest BCUT2D eigenvalue weighted by molar-refractivity contribution is 5.80. The molecule has 0 spiro atoms. The molecule has 1 heterocycles. The van der Waals surface area contributed by atoms with E-state index in [0.717, 1.165) is 38.9 Å². The maximum Gasteiger partial charge on any atom is 0.224 e. The van der Waals surface area contributed by atoms with Crippen LogP contribution in [0.2, 0.25) is 0 Å². The summed E-state index contributed by atoms with van der Waals surface area (Å²) in [7, 11) is 0. The molecule has 1 aliphatic heterocycles. The Morgan fingerprint density at radius 3 is 2.34 bits per heavy atom. The summed E-state index contributed by atoms with van der Waals surface area (Å²) in [6.07, 6.45) is 4.23. The predicted octanol–water partition coefficient (Wildman–Crippen LogP) is 4.24. The summed E-state index contributed by atoms with van der Waals surface area (Å²) >= 11 is 0. The van der Waals surface area contributed by atoms with E-state index in [0.29, 0.717) is 18.8 Å². The molecule has 4 rings (SSSR count). The SMILES string of the molecule is N#CC1(NC(=O)[C@@H]2CC[C@@H](c3ccccc3)C2)CCN(Cc2ccccc2)CC1. The van der Waals surface area contributed by atoms with E-state index in [1.54, 1.807) is 0 Å². The number of piperidine rings is 1. The van der Waals surface area contributed by atoms with E-state index in [1.807, 2.05) is 12.1 Å². The molecule has 0 unspecified atom stereocenters. The monoisotopic (exact) mass is 387 g/mol. The number of carbonyl (C=O) groups excluding carboxylic acids is 1. The Labute approximate surface area is 173 Å². The number of carbonyl (C=O) groups is 1. The average Bonchev–Trinajstić information content (AvgIpc) is 3.27. The fraction of sp³-hybridized carbons (Fsp3) is 0.440. The zero-order valence-electron chi connectivity index (χ0n) is 16.9. The molecular weight excluding hydrogens is 358 g/mol. The molecule has 4 heteroatoms. The fourth-order valence-corrected chi connectivity index (χ4v) is 4.78. The van der Waals surface area contributed by atoms with Gasteiger partial charge in [-0.2, -0.15) is 5.26 Å². The van der Waals surface area contributed by atoms with Gasteiger partial charge in [0.1, 0.15) is 5.54 Å². The van der Waals surface area contributed by atoms with Crippen LogP contribution in [0.15, 0.2) is 60.7 Å². The van der Waals surface area contributed by atoms with E-state index in [-0.39, 0.29) is 11.8 Å². The molecule has 0 aromatic heterocycles. The zero-order valence-corrected chi connectivity index (χ0v) is 16.9. The molecular formula is C25H29N3O. The van der Waals surface area contributed by atoms with Crippen molar-refractivity contribution in [2.24, 2.45) is 5.92 Å². The van der Waals surface area contributed by atoms with Crippen LogP contribution in [-0.4, -0.2) is 29.4 Å². The van der Waals surface area contributed by atoms with E-state index in [2.05, 4.69) is 64.8 Å². The molecule has 1 aliphatic carbocycles. The second-order valence-corrected chi connectivity index (χ2v) is 8.56. The summed E-state index contributed by atoms with van der Waals surface area (Å²) in [5.41, 5.74) is 1.90. The van der Waals surface area contributed by atoms with Gasteiger partial charge in [-0.1, -0.05) is 60.7 Å². The molecule has 1 saturated carbocycles. The second-order valence-electron chi connectivity index (χ2n) is 8.56. The van der Waals surface area contributed by atoms with Gasteiger partial charge in [-0.3, -0.25) is 9.69 Å². The van der Waals surface area contributed by atoms with Crippen LogP contribution in [0.3, 0.4) is 0 Å². The molecule has 0 bridgehead atoms. The lowest BCUT2D eigenvalue weighted by atomic mass is 9.87. The highest BCUT2D eigenvalue weighted by atomic mass is 16.2. The smallest absolute Gasteiger partial charge is 0.224 e. The third-order valence-electron chi connectivity index (χ3n) is 6.61. The standard InChI is InChI=1S/C25H29N3O/c26-19-25(13-15-28(16-14-25)18-20-7-3-1-4-8-20)27-24(29)23-12-11-22(17-23)21-9-5-2-6-10-21/h1-10,22-23H,11-18H2,(H,27,29)/t22-,23-/m1/s1. The fourth-order valence-electron chi connectivity index (χ4n) is 4.78. The average molecular weight is 388 g/mol. The van der Waals surface area contributed by atoms with Crippen molar-refractivity contribution in [3.05, 3.63) is 71.8 Å². The number of hydrogen-bond acceptors (Lipinski definition) is 3. The predicted molar refractivity (Wildman–Crippen MR) is 114 cm³/mol. The maximum atomic E-state index is 13.0. The molecule has 0 radical (unpaired) electrons. The summed E-state index contributed by atoms with van der Waals surface area (Å²) in [6.45, 7) is 2.57. The van der Waals surface area contributed by atoms with Crippen LogP contribution in [0.1, 0.15) is 49.1 Å². The third-order valence-corrected chi connectivity index (χ3v) is 6.61. The third kappa shape index (κ3) is 4.68. The van der Waals surface area contributed by atoms with Gasteiger partial charge in [0.25, 0.3) is 0 Å². The van der Waals surface area contributed by atoms with Crippen molar-refractivity contribution in [2.75, 3.05) is 13.1 Å². The quantitative estimate of drug-likeness (QED) is 0.835. The van der Waals surface area contributed by atoms with Crippen LogP contribution in [0.4, 0.5) is 0 Å². The van der Waals surface area contributed by atoms with Gasteiger partial charge in [-0.05, 0) is 49.1 Å². The van der Waals surface area contributed by atoms with Gasteiger partial charge >= 0.3 is 0 Å². The number of nitrogens with one attached hydrogen (secondary N) is 1. The van der Waals surface area contributed by atoms with Gasteiger partial charge < -0.3 is 5.32 Å². The lowest BCUT2D eigenvalue weighted by molar-refractivity contribution is -0.126. The van der Waals surface area contributed by atoms with Crippen LogP contribution in [-0.2, 0) is 11.3 Å². The van der Waals surface area contributed by atoms with Crippen LogP contribution in [0.5, 0.6) is 0 Å². The van der Waals surface area contributed by atoms with Crippen LogP contribution in [0, 0.1) is 17.2 Å². The Kier molecular flexibility index (Phi) is 5.97. The van der Waals surface area contributed by atoms with Gasteiger partial charge in [0.2, 0.25) is 5.91 Å². The summed E-state index contributed by atoms with van der Waals surface area (Å²) < 4.78 is 0. The largest absolute Gasteiger partial charge is 0.337 e. The Morgan fingerprint density at radius 1 is 1.03 bits per heavy atom. The molecule has 2 atom stereocenters. The van der Waals surface area contributed by atoms with E-state index in [9.17, 15) is 10.1 Å². The van der Waals surface area contributed by atoms with Crippen LogP contribution in [0.25, 0.3) is 0 Å². The minimum atomic E-state index is -0.713. The maximum absolute atomic E-state index is 13.0. The van der Waals surface area contributed by atoms with E-state index < -0.39 is 5.54 Å². The van der Waals surface area contributed by atoms with Crippen molar-refractivity contribution in [2.45, 2.75) is 50.1 Å². The van der Waals surface area contributed by atoms with Gasteiger partial charge in [0, 0.05) is 25.6 Å². The topological polar surface area (TPSA) is 56.1 Å². The first-order chi connectivity index (χ1) is 14.2. The van der Waals surface area contributed by atoms with Crippen LogP contribution < -0.4 is 5.32 Å². The number of hydrogen-bond donors (Lipinski definition) is 1. The van der Waals surface area contributed by atoms with E-state index in [1.165, 1.54) is 11.1 Å². The summed E-state index contributed by atoms with van der Waals surface area (Å²) in [5.74, 6) is 0.548. The number of benzene rings is 2. The Bertz CT molecular complexity index is 851. The highest BCUT2D eigenvalue weighted by Gasteiger charge is 2.39. The molecule has 1 amide bonds. The van der Waals surface area contributed by atoms with Crippen molar-refractivity contribution in [1.29, 1.82) is 5.26 Å². The normalized spacial score (nSPS) is 24.0. The first-order valence-electron chi connectivity index (χ1n) is 10.7. The molecule has 150 valence electrons. The molecule has 4 nitrogen and oxygen atoms in total. The van der Waals surface area contributed by atoms with Crippen molar-refractivity contribution in [1.82, 2.24) is 10.2 Å². The minimum absolute atomic E-state index is 0.0211. The Morgan fingerprint density at radius 2 is 1.69 bits per heavy atom. The number of rotatable bonds is 5. The van der Waals surface area contributed by atoms with Crippen molar-refractivity contribution < 1.29 is 4.79 Å². The van der Waals surface area contributed by atoms with Gasteiger partial charge in [-0.15, -0.1) is 0 Å². The molecule has 29 heavy (non-hydrogen) atoms. The summed E-state index contributed by atoms with van der Waals surface area (Å²) in [4.78, 5) is 15.3. The Balaban J connectivity index is 1.31.